The Morgan fingerprint density at radius 3 is 2.30 bits per heavy atom. The summed E-state index contributed by atoms with van der Waals surface area (Å²) in [5.74, 6) is 0.167. The lowest BCUT2D eigenvalue weighted by Gasteiger charge is -2.36. The number of halogens is 3. The van der Waals surface area contributed by atoms with Crippen LogP contribution in [0, 0.1) is 0 Å². The molecule has 3 aliphatic heterocycles. The Bertz CT molecular complexity index is 1190. The van der Waals surface area contributed by atoms with Crippen molar-refractivity contribution in [2.45, 2.75) is 44.9 Å². The summed E-state index contributed by atoms with van der Waals surface area (Å²) in [6.07, 6.45) is -1.04. The van der Waals surface area contributed by atoms with Crippen LogP contribution in [0.25, 0.3) is 0 Å². The standard InChI is InChI=1S/C30H37F3N4O3/c31-30(32,33)26-5-4-6-27(20-26)35-13-11-34(12-14-35)10-3-1-2-7-28(38)37-21-24-9-8-23(19-25(24)22-37)29(39)36-15-17-40-18-16-36/h4-6,8-9,19-20H,1-3,7,10-18,21-22H2. The zero-order chi connectivity index (χ0) is 28.1. The quantitative estimate of drug-likeness (QED) is 0.450. The van der Waals surface area contributed by atoms with Gasteiger partial charge in [-0.3, -0.25) is 14.5 Å². The molecule has 2 fully saturated rings. The van der Waals surface area contributed by atoms with Crippen molar-refractivity contribution in [2.75, 3.05) is 63.9 Å². The molecule has 216 valence electrons. The fourth-order valence-electron chi connectivity index (χ4n) is 5.71. The van der Waals surface area contributed by atoms with E-state index in [-0.39, 0.29) is 11.8 Å². The van der Waals surface area contributed by atoms with Crippen LogP contribution in [0.4, 0.5) is 18.9 Å². The molecule has 2 saturated heterocycles. The minimum absolute atomic E-state index is 0.0212. The average molecular weight is 559 g/mol. The number of carbonyl (C=O) groups excluding carboxylic acids is 2. The second-order valence-corrected chi connectivity index (χ2v) is 10.8. The van der Waals surface area contributed by atoms with Crippen molar-refractivity contribution in [3.05, 3.63) is 64.7 Å². The molecule has 7 nitrogen and oxygen atoms in total. The maximum Gasteiger partial charge on any atom is 0.416 e. The third kappa shape index (κ3) is 6.96. The molecule has 0 spiro atoms. The molecule has 2 aromatic carbocycles. The zero-order valence-corrected chi connectivity index (χ0v) is 22.8. The molecular formula is C30H37F3N4O3. The van der Waals surface area contributed by atoms with E-state index < -0.39 is 11.7 Å². The van der Waals surface area contributed by atoms with Gasteiger partial charge in [0.25, 0.3) is 5.91 Å². The topological polar surface area (TPSA) is 56.3 Å². The van der Waals surface area contributed by atoms with Gasteiger partial charge in [0, 0.05) is 70.0 Å². The van der Waals surface area contributed by atoms with Gasteiger partial charge < -0.3 is 19.4 Å². The predicted molar refractivity (Wildman–Crippen MR) is 146 cm³/mol. The monoisotopic (exact) mass is 558 g/mol. The molecule has 0 radical (unpaired) electrons. The summed E-state index contributed by atoms with van der Waals surface area (Å²) >= 11 is 0. The molecule has 0 saturated carbocycles. The van der Waals surface area contributed by atoms with E-state index in [1.807, 2.05) is 32.9 Å². The van der Waals surface area contributed by atoms with Crippen LogP contribution in [0.2, 0.25) is 0 Å². The van der Waals surface area contributed by atoms with Crippen LogP contribution in [-0.2, 0) is 28.8 Å². The first-order chi connectivity index (χ1) is 19.3. The summed E-state index contributed by atoms with van der Waals surface area (Å²) in [7, 11) is 0. The summed E-state index contributed by atoms with van der Waals surface area (Å²) in [6.45, 7) is 7.47. The van der Waals surface area contributed by atoms with Gasteiger partial charge in [-0.25, -0.2) is 0 Å². The normalized spacial score (nSPS) is 18.2. The van der Waals surface area contributed by atoms with Gasteiger partial charge in [-0.2, -0.15) is 13.2 Å². The van der Waals surface area contributed by atoms with Gasteiger partial charge in [0.2, 0.25) is 5.91 Å². The smallest absolute Gasteiger partial charge is 0.378 e. The number of anilines is 1. The minimum atomic E-state index is -4.33. The van der Waals surface area contributed by atoms with Crippen LogP contribution in [-0.4, -0.2) is 85.5 Å². The third-order valence-electron chi connectivity index (χ3n) is 8.10. The van der Waals surface area contributed by atoms with Crippen LogP contribution in [0.1, 0.15) is 52.7 Å². The Morgan fingerprint density at radius 2 is 1.55 bits per heavy atom. The van der Waals surface area contributed by atoms with E-state index in [1.165, 1.54) is 12.1 Å². The SMILES string of the molecule is O=C(CCCCCN1CCN(c2cccc(C(F)(F)F)c2)CC1)N1Cc2ccc(C(=O)N3CCOCC3)cc2C1. The van der Waals surface area contributed by atoms with Gasteiger partial charge >= 0.3 is 6.18 Å². The molecule has 10 heteroatoms. The van der Waals surface area contributed by atoms with Gasteiger partial charge in [0.1, 0.15) is 0 Å². The predicted octanol–water partition coefficient (Wildman–Crippen LogP) is 4.40. The maximum absolute atomic E-state index is 13.0. The number of hydrogen-bond donors (Lipinski definition) is 0. The summed E-state index contributed by atoms with van der Waals surface area (Å²) in [6, 6.07) is 11.3. The number of nitrogens with zero attached hydrogens (tertiary/aromatic N) is 4. The number of carbonyl (C=O) groups is 2. The highest BCUT2D eigenvalue weighted by Crippen LogP contribution is 2.32. The number of benzene rings is 2. The van der Waals surface area contributed by atoms with E-state index in [4.69, 9.17) is 4.74 Å². The molecule has 3 heterocycles. The molecular weight excluding hydrogens is 521 g/mol. The first kappa shape index (κ1) is 28.4. The fourth-order valence-corrected chi connectivity index (χ4v) is 5.71. The molecule has 0 aromatic heterocycles. The van der Waals surface area contributed by atoms with Gasteiger partial charge in [-0.05, 0) is 60.8 Å². The average Bonchev–Trinajstić information content (AvgIpc) is 3.41. The number of rotatable bonds is 8. The van der Waals surface area contributed by atoms with E-state index in [2.05, 4.69) is 4.90 Å². The van der Waals surface area contributed by atoms with Crippen LogP contribution >= 0.6 is 0 Å². The van der Waals surface area contributed by atoms with Crippen molar-refractivity contribution in [1.29, 1.82) is 0 Å². The van der Waals surface area contributed by atoms with Crippen molar-refractivity contribution in [2.24, 2.45) is 0 Å². The second kappa shape index (κ2) is 12.6. The van der Waals surface area contributed by atoms with E-state index in [0.29, 0.717) is 70.2 Å². The van der Waals surface area contributed by atoms with Crippen LogP contribution in [0.5, 0.6) is 0 Å². The van der Waals surface area contributed by atoms with Gasteiger partial charge in [-0.1, -0.05) is 18.6 Å². The van der Waals surface area contributed by atoms with Crippen molar-refractivity contribution in [1.82, 2.24) is 14.7 Å². The Hall–Kier alpha value is -3.11. The molecule has 2 amide bonds. The maximum atomic E-state index is 13.0. The molecule has 2 aromatic rings. The zero-order valence-electron chi connectivity index (χ0n) is 22.8. The largest absolute Gasteiger partial charge is 0.416 e. The number of alkyl halides is 3. The van der Waals surface area contributed by atoms with Crippen LogP contribution in [0.3, 0.4) is 0 Å². The first-order valence-electron chi connectivity index (χ1n) is 14.2. The highest BCUT2D eigenvalue weighted by molar-refractivity contribution is 5.94. The molecule has 0 atom stereocenters. The third-order valence-corrected chi connectivity index (χ3v) is 8.10. The van der Waals surface area contributed by atoms with Gasteiger partial charge in [-0.15, -0.1) is 0 Å². The molecule has 5 rings (SSSR count). The Labute approximate surface area is 233 Å². The van der Waals surface area contributed by atoms with E-state index >= 15 is 0 Å². The van der Waals surface area contributed by atoms with Crippen molar-refractivity contribution >= 4 is 17.5 Å². The number of amides is 2. The number of morpholine rings is 1. The summed E-state index contributed by atoms with van der Waals surface area (Å²) in [4.78, 5) is 33.7. The lowest BCUT2D eigenvalue weighted by Crippen LogP contribution is -2.46. The Balaban J connectivity index is 0.991. The lowest BCUT2D eigenvalue weighted by molar-refractivity contribution is -0.137. The number of hydrogen-bond acceptors (Lipinski definition) is 5. The highest BCUT2D eigenvalue weighted by Gasteiger charge is 2.31. The lowest BCUT2D eigenvalue weighted by atomic mass is 10.1. The number of unbranched alkanes of at least 4 members (excludes halogenated alkanes) is 2. The summed E-state index contributed by atoms with van der Waals surface area (Å²) < 4.78 is 44.4. The van der Waals surface area contributed by atoms with Crippen molar-refractivity contribution in [3.63, 3.8) is 0 Å². The first-order valence-corrected chi connectivity index (χ1v) is 14.2. The molecule has 0 aliphatic carbocycles. The Kier molecular flexibility index (Phi) is 8.95. The van der Waals surface area contributed by atoms with Crippen LogP contribution < -0.4 is 4.90 Å². The van der Waals surface area contributed by atoms with Gasteiger partial charge in [0.05, 0.1) is 18.8 Å². The molecule has 3 aliphatic rings. The molecule has 0 unspecified atom stereocenters. The summed E-state index contributed by atoms with van der Waals surface area (Å²) in [5.41, 5.74) is 2.85. The minimum Gasteiger partial charge on any atom is -0.378 e. The molecule has 0 bridgehead atoms. The summed E-state index contributed by atoms with van der Waals surface area (Å²) in [5, 5.41) is 0. The number of piperazine rings is 1. The number of fused-ring (bicyclic) bond motifs is 1. The van der Waals surface area contributed by atoms with E-state index in [9.17, 15) is 22.8 Å². The Morgan fingerprint density at radius 1 is 0.800 bits per heavy atom. The molecule has 0 N–H and O–H groups in total. The van der Waals surface area contributed by atoms with Crippen LogP contribution in [0.15, 0.2) is 42.5 Å². The highest BCUT2D eigenvalue weighted by atomic mass is 19.4. The fraction of sp³-hybridized carbons (Fsp3) is 0.533. The number of ether oxygens (including phenoxy) is 1. The van der Waals surface area contributed by atoms with Crippen molar-refractivity contribution < 1.29 is 27.5 Å². The second-order valence-electron chi connectivity index (χ2n) is 10.8. The van der Waals surface area contributed by atoms with Crippen molar-refractivity contribution in [3.8, 4) is 0 Å². The van der Waals surface area contributed by atoms with Gasteiger partial charge in [0.15, 0.2) is 0 Å². The molecule has 40 heavy (non-hydrogen) atoms. The van der Waals surface area contributed by atoms with E-state index in [0.717, 1.165) is 56.1 Å². The van der Waals surface area contributed by atoms with E-state index in [1.54, 1.807) is 6.07 Å².